The van der Waals surface area contributed by atoms with Crippen LogP contribution in [0, 0.1) is 0 Å². The van der Waals surface area contributed by atoms with E-state index in [1.165, 1.54) is 0 Å². The summed E-state index contributed by atoms with van der Waals surface area (Å²) >= 11 is 0. The monoisotopic (exact) mass is 517 g/mol. The van der Waals surface area contributed by atoms with Crippen LogP contribution in [0.2, 0.25) is 0 Å². The summed E-state index contributed by atoms with van der Waals surface area (Å²) in [6.07, 6.45) is 0. The average Bonchev–Trinajstić information content (AvgIpc) is 3.38. The van der Waals surface area contributed by atoms with Gasteiger partial charge in [-0.25, -0.2) is 0 Å². The minimum absolute atomic E-state index is 0.0228. The maximum atomic E-state index is 13.2. The zero-order chi connectivity index (χ0) is 26.9. The van der Waals surface area contributed by atoms with Gasteiger partial charge in [-0.3, -0.25) is 14.5 Å². The van der Waals surface area contributed by atoms with Gasteiger partial charge in [0, 0.05) is 26.2 Å². The molecule has 5 rings (SSSR count). The van der Waals surface area contributed by atoms with E-state index in [0.29, 0.717) is 44.3 Å². The third kappa shape index (κ3) is 5.21. The molecule has 0 bridgehead atoms. The van der Waals surface area contributed by atoms with Gasteiger partial charge in [0.15, 0.2) is 12.4 Å². The summed E-state index contributed by atoms with van der Waals surface area (Å²) in [6, 6.07) is 17.4. The van der Waals surface area contributed by atoms with Crippen LogP contribution in [-0.2, 0) is 16.8 Å². The number of hydrogen-bond donors (Lipinski definition) is 0. The van der Waals surface area contributed by atoms with Crippen LogP contribution in [0.1, 0.15) is 49.6 Å². The maximum absolute atomic E-state index is 13.2. The number of ether oxygens (including phenoxy) is 2. The van der Waals surface area contributed by atoms with E-state index in [0.717, 1.165) is 22.7 Å². The minimum atomic E-state index is -0.142. The van der Waals surface area contributed by atoms with Crippen LogP contribution in [-0.4, -0.2) is 56.1 Å². The Kier molecular flexibility index (Phi) is 7.06. The van der Waals surface area contributed by atoms with Gasteiger partial charge in [-0.15, -0.1) is 0 Å². The molecule has 8 nitrogen and oxygen atoms in total. The number of carbonyl (C=O) groups is 2. The van der Waals surface area contributed by atoms with Crippen molar-refractivity contribution in [3.63, 3.8) is 0 Å². The van der Waals surface area contributed by atoms with Crippen LogP contribution in [0.3, 0.4) is 0 Å². The van der Waals surface area contributed by atoms with Gasteiger partial charge in [0.25, 0.3) is 11.8 Å². The largest absolute Gasteiger partial charge is 0.492 e. The van der Waals surface area contributed by atoms with Gasteiger partial charge in [-0.2, -0.15) is 0 Å². The van der Waals surface area contributed by atoms with E-state index in [1.807, 2.05) is 48.2 Å². The van der Waals surface area contributed by atoms with Crippen molar-refractivity contribution < 1.29 is 23.5 Å². The first-order chi connectivity index (χ1) is 18.2. The molecule has 8 heteroatoms. The van der Waals surface area contributed by atoms with Crippen LogP contribution >= 0.6 is 0 Å². The third-order valence-corrected chi connectivity index (χ3v) is 7.03. The van der Waals surface area contributed by atoms with Crippen LogP contribution in [0.15, 0.2) is 59.0 Å². The lowest BCUT2D eigenvalue weighted by atomic mass is 9.86. The molecule has 3 aromatic rings. The van der Waals surface area contributed by atoms with Crippen molar-refractivity contribution in [3.05, 3.63) is 71.7 Å². The van der Waals surface area contributed by atoms with E-state index in [1.54, 1.807) is 17.0 Å². The lowest BCUT2D eigenvalue weighted by Gasteiger charge is -2.36. The highest BCUT2D eigenvalue weighted by Gasteiger charge is 2.30. The third-order valence-electron chi connectivity index (χ3n) is 7.03. The molecule has 2 aliphatic rings. The van der Waals surface area contributed by atoms with Gasteiger partial charge in [-0.1, -0.05) is 39.0 Å². The Balaban J connectivity index is 1.26. The molecule has 0 saturated carbocycles. The highest BCUT2D eigenvalue weighted by Crippen LogP contribution is 2.37. The summed E-state index contributed by atoms with van der Waals surface area (Å²) in [5, 5.41) is 0. The molecule has 0 radical (unpaired) electrons. The van der Waals surface area contributed by atoms with Gasteiger partial charge < -0.3 is 23.7 Å². The molecule has 1 aromatic heterocycles. The summed E-state index contributed by atoms with van der Waals surface area (Å²) in [6.45, 7) is 11.8. The number of rotatable bonds is 6. The highest BCUT2D eigenvalue weighted by atomic mass is 16.5. The van der Waals surface area contributed by atoms with Gasteiger partial charge in [0.2, 0.25) is 0 Å². The van der Waals surface area contributed by atoms with Gasteiger partial charge >= 0.3 is 0 Å². The predicted molar refractivity (Wildman–Crippen MR) is 146 cm³/mol. The molecule has 1 fully saturated rings. The first-order valence-corrected chi connectivity index (χ1v) is 13.2. The Morgan fingerprint density at radius 3 is 2.47 bits per heavy atom. The molecular weight excluding hydrogens is 482 g/mol. The minimum Gasteiger partial charge on any atom is -0.492 e. The number of nitrogens with zero attached hydrogens (tertiary/aromatic N) is 3. The molecule has 0 N–H and O–H groups in total. The Hall–Kier alpha value is -3.94. The summed E-state index contributed by atoms with van der Waals surface area (Å²) in [5.74, 6) is 2.09. The van der Waals surface area contributed by atoms with Crippen molar-refractivity contribution in [2.45, 2.75) is 39.7 Å². The van der Waals surface area contributed by atoms with Gasteiger partial charge in [0.1, 0.15) is 17.3 Å². The fourth-order valence-corrected chi connectivity index (χ4v) is 4.88. The molecule has 2 aromatic carbocycles. The van der Waals surface area contributed by atoms with E-state index >= 15 is 0 Å². The molecule has 3 heterocycles. The van der Waals surface area contributed by atoms with Crippen molar-refractivity contribution in [1.82, 2.24) is 4.90 Å². The summed E-state index contributed by atoms with van der Waals surface area (Å²) in [4.78, 5) is 31.8. The number of hydrogen-bond acceptors (Lipinski definition) is 6. The van der Waals surface area contributed by atoms with Crippen molar-refractivity contribution in [2.75, 3.05) is 49.2 Å². The van der Waals surface area contributed by atoms with Crippen molar-refractivity contribution in [3.8, 4) is 11.5 Å². The molecule has 0 atom stereocenters. The number of fused-ring (bicyclic) bond motifs is 1. The molecular formula is C30H35N3O5. The topological polar surface area (TPSA) is 75.5 Å². The molecule has 1 saturated heterocycles. The first-order valence-electron chi connectivity index (χ1n) is 13.2. The quantitative estimate of drug-likeness (QED) is 0.465. The summed E-state index contributed by atoms with van der Waals surface area (Å²) < 4.78 is 17.4. The predicted octanol–water partition coefficient (Wildman–Crippen LogP) is 4.86. The number of amides is 2. The fourth-order valence-electron chi connectivity index (χ4n) is 4.88. The SMILES string of the molecule is CCOc1ccccc1N1CCN(C(=O)c2ccc(CN3C(=O)COc4ccc(C(C)(C)C)cc43)o2)CC1. The second-order valence-electron chi connectivity index (χ2n) is 10.6. The number of anilines is 2. The van der Waals surface area contributed by atoms with Crippen LogP contribution in [0.4, 0.5) is 11.4 Å². The number of piperazine rings is 1. The lowest BCUT2D eigenvalue weighted by molar-refractivity contribution is -0.121. The highest BCUT2D eigenvalue weighted by molar-refractivity contribution is 5.98. The Morgan fingerprint density at radius 1 is 0.974 bits per heavy atom. The second-order valence-corrected chi connectivity index (χ2v) is 10.6. The molecule has 0 spiro atoms. The Labute approximate surface area is 223 Å². The van der Waals surface area contributed by atoms with Crippen LogP contribution in [0.25, 0.3) is 0 Å². The van der Waals surface area contributed by atoms with E-state index < -0.39 is 0 Å². The Morgan fingerprint density at radius 2 is 1.74 bits per heavy atom. The normalized spacial score (nSPS) is 15.8. The van der Waals surface area contributed by atoms with Crippen LogP contribution in [0.5, 0.6) is 11.5 Å². The molecule has 0 unspecified atom stereocenters. The molecule has 2 aliphatic heterocycles. The zero-order valence-corrected chi connectivity index (χ0v) is 22.5. The van der Waals surface area contributed by atoms with Gasteiger partial charge in [-0.05, 0) is 54.3 Å². The van der Waals surface area contributed by atoms with E-state index in [2.05, 4.69) is 31.7 Å². The molecule has 200 valence electrons. The van der Waals surface area contributed by atoms with Crippen molar-refractivity contribution in [1.29, 1.82) is 0 Å². The molecule has 38 heavy (non-hydrogen) atoms. The Bertz CT molecular complexity index is 1320. The number of carbonyl (C=O) groups excluding carboxylic acids is 2. The average molecular weight is 518 g/mol. The van der Waals surface area contributed by atoms with Crippen molar-refractivity contribution >= 4 is 23.2 Å². The van der Waals surface area contributed by atoms with Crippen LogP contribution < -0.4 is 19.3 Å². The smallest absolute Gasteiger partial charge is 0.289 e. The van der Waals surface area contributed by atoms with E-state index in [-0.39, 0.29) is 36.1 Å². The standard InChI is InChI=1S/C30H35N3O5/c1-5-36-25-9-7-6-8-23(25)31-14-16-32(17-15-31)29(35)27-13-11-22(38-27)19-33-24-18-21(30(2,3)4)10-12-26(24)37-20-28(33)34/h6-13,18H,5,14-17,19-20H2,1-4H3. The number of furan rings is 1. The summed E-state index contributed by atoms with van der Waals surface area (Å²) in [5.41, 5.74) is 2.81. The maximum Gasteiger partial charge on any atom is 0.289 e. The number of benzene rings is 2. The molecule has 2 amide bonds. The zero-order valence-electron chi connectivity index (χ0n) is 22.5. The summed E-state index contributed by atoms with van der Waals surface area (Å²) in [7, 11) is 0. The van der Waals surface area contributed by atoms with Gasteiger partial charge in [0.05, 0.1) is 24.5 Å². The second kappa shape index (κ2) is 10.4. The number of para-hydroxylation sites is 2. The van der Waals surface area contributed by atoms with Crippen molar-refractivity contribution in [2.24, 2.45) is 0 Å². The van der Waals surface area contributed by atoms with E-state index in [9.17, 15) is 9.59 Å². The van der Waals surface area contributed by atoms with E-state index in [4.69, 9.17) is 13.9 Å². The first kappa shape index (κ1) is 25.7. The molecule has 0 aliphatic carbocycles. The lowest BCUT2D eigenvalue weighted by Crippen LogP contribution is -2.48. The fraction of sp³-hybridized carbons (Fsp3) is 0.400.